The average Bonchev–Trinajstić information content (AvgIpc) is 3.09. The van der Waals surface area contributed by atoms with Gasteiger partial charge in [0.05, 0.1) is 0 Å². The van der Waals surface area contributed by atoms with E-state index in [-0.39, 0.29) is 11.9 Å². The summed E-state index contributed by atoms with van der Waals surface area (Å²) in [4.78, 5) is 24.4. The van der Waals surface area contributed by atoms with Gasteiger partial charge in [0.15, 0.2) is 6.10 Å². The molecule has 20 heavy (non-hydrogen) atoms. The van der Waals surface area contributed by atoms with Gasteiger partial charge in [0.1, 0.15) is 0 Å². The van der Waals surface area contributed by atoms with Crippen molar-refractivity contribution in [3.63, 3.8) is 0 Å². The molecule has 0 saturated heterocycles. The third kappa shape index (κ3) is 4.49. The molecular weight excluding hydrogens is 274 g/mol. The lowest BCUT2D eigenvalue weighted by atomic mass is 10.2. The lowest BCUT2D eigenvalue weighted by Gasteiger charge is -2.16. The highest BCUT2D eigenvalue weighted by molar-refractivity contribution is 7.10. The van der Waals surface area contributed by atoms with E-state index in [2.05, 4.69) is 5.32 Å². The molecule has 1 amide bonds. The number of hydrogen-bond donors (Lipinski definition) is 1. The Kier molecular flexibility index (Phi) is 5.35. The number of carbonyl (C=O) groups is 2. The van der Waals surface area contributed by atoms with Crippen LogP contribution in [0.25, 0.3) is 6.08 Å². The van der Waals surface area contributed by atoms with E-state index in [1.165, 1.54) is 17.4 Å². The van der Waals surface area contributed by atoms with Crippen molar-refractivity contribution >= 4 is 29.3 Å². The molecule has 4 nitrogen and oxygen atoms in total. The third-order valence-corrected chi connectivity index (χ3v) is 4.13. The van der Waals surface area contributed by atoms with E-state index in [0.717, 1.165) is 30.6 Å². The van der Waals surface area contributed by atoms with E-state index < -0.39 is 12.1 Å². The average molecular weight is 293 g/mol. The first kappa shape index (κ1) is 14.8. The number of carbonyl (C=O) groups excluding carboxylic acids is 2. The minimum absolute atomic E-state index is 0.213. The largest absolute Gasteiger partial charge is 0.449 e. The van der Waals surface area contributed by atoms with Gasteiger partial charge in [-0.05, 0) is 37.3 Å². The van der Waals surface area contributed by atoms with Crippen molar-refractivity contribution < 1.29 is 14.3 Å². The van der Waals surface area contributed by atoms with Gasteiger partial charge in [-0.2, -0.15) is 0 Å². The highest BCUT2D eigenvalue weighted by Crippen LogP contribution is 2.17. The molecule has 1 saturated carbocycles. The van der Waals surface area contributed by atoms with E-state index in [4.69, 9.17) is 4.74 Å². The monoisotopic (exact) mass is 293 g/mol. The van der Waals surface area contributed by atoms with Gasteiger partial charge in [-0.1, -0.05) is 18.9 Å². The number of ether oxygens (including phenoxy) is 1. The van der Waals surface area contributed by atoms with Crippen LogP contribution < -0.4 is 5.32 Å². The number of nitrogens with one attached hydrogen (secondary N) is 1. The predicted molar refractivity (Wildman–Crippen MR) is 79.3 cm³/mol. The van der Waals surface area contributed by atoms with Crippen LogP contribution >= 0.6 is 11.3 Å². The van der Waals surface area contributed by atoms with Crippen molar-refractivity contribution in [1.29, 1.82) is 0 Å². The normalized spacial score (nSPS) is 17.2. The Morgan fingerprint density at radius 2 is 2.20 bits per heavy atom. The van der Waals surface area contributed by atoms with Crippen molar-refractivity contribution in [1.82, 2.24) is 5.32 Å². The lowest BCUT2D eigenvalue weighted by Crippen LogP contribution is -2.40. The Hall–Kier alpha value is -1.62. The van der Waals surface area contributed by atoms with E-state index in [1.54, 1.807) is 13.0 Å². The quantitative estimate of drug-likeness (QED) is 0.671. The van der Waals surface area contributed by atoms with Crippen LogP contribution in [-0.2, 0) is 14.3 Å². The number of thiophene rings is 1. The second-order valence-corrected chi connectivity index (χ2v) is 5.90. The number of rotatable bonds is 5. The molecule has 2 rings (SSSR count). The van der Waals surface area contributed by atoms with E-state index in [9.17, 15) is 9.59 Å². The minimum atomic E-state index is -0.754. The third-order valence-electron chi connectivity index (χ3n) is 3.29. The van der Waals surface area contributed by atoms with E-state index >= 15 is 0 Å². The number of amides is 1. The smallest absolute Gasteiger partial charge is 0.331 e. The molecule has 108 valence electrons. The van der Waals surface area contributed by atoms with Gasteiger partial charge in [0.2, 0.25) is 0 Å². The molecule has 0 spiro atoms. The van der Waals surface area contributed by atoms with Gasteiger partial charge in [0.25, 0.3) is 5.91 Å². The standard InChI is InChI=1S/C15H19NO3S/c1-11(15(18)16-12-5-2-3-6-12)19-14(17)9-8-13-7-4-10-20-13/h4,7-12H,2-3,5-6H2,1H3,(H,16,18)/b9-8+/t11-/m0/s1. The second kappa shape index (κ2) is 7.24. The molecule has 1 atom stereocenters. The molecular formula is C15H19NO3S. The van der Waals surface area contributed by atoms with E-state index in [0.29, 0.717) is 0 Å². The zero-order chi connectivity index (χ0) is 14.4. The lowest BCUT2D eigenvalue weighted by molar-refractivity contribution is -0.150. The molecule has 1 aromatic rings. The molecule has 0 radical (unpaired) electrons. The fourth-order valence-corrected chi connectivity index (χ4v) is 2.81. The Labute approximate surface area is 122 Å². The molecule has 1 N–H and O–H groups in total. The minimum Gasteiger partial charge on any atom is -0.449 e. The maximum atomic E-state index is 11.9. The summed E-state index contributed by atoms with van der Waals surface area (Å²) in [5.41, 5.74) is 0. The number of esters is 1. The molecule has 1 aliphatic rings. The van der Waals surface area contributed by atoms with Gasteiger partial charge >= 0.3 is 5.97 Å². The van der Waals surface area contributed by atoms with Crippen LogP contribution in [0.15, 0.2) is 23.6 Å². The zero-order valence-corrected chi connectivity index (χ0v) is 12.3. The summed E-state index contributed by atoms with van der Waals surface area (Å²) in [6.07, 6.45) is 6.64. The van der Waals surface area contributed by atoms with Crippen molar-refractivity contribution in [2.45, 2.75) is 44.8 Å². The zero-order valence-electron chi connectivity index (χ0n) is 11.5. The van der Waals surface area contributed by atoms with Crippen molar-refractivity contribution in [3.8, 4) is 0 Å². The summed E-state index contributed by atoms with van der Waals surface area (Å²) in [6.45, 7) is 1.60. The van der Waals surface area contributed by atoms with Gasteiger partial charge in [-0.3, -0.25) is 4.79 Å². The molecule has 1 fully saturated rings. The molecule has 0 bridgehead atoms. The fraction of sp³-hybridized carbons (Fsp3) is 0.467. The first-order valence-corrected chi connectivity index (χ1v) is 7.75. The van der Waals surface area contributed by atoms with Crippen LogP contribution in [0.4, 0.5) is 0 Å². The summed E-state index contributed by atoms with van der Waals surface area (Å²) < 4.78 is 5.09. The van der Waals surface area contributed by atoms with Crippen LogP contribution in [0.2, 0.25) is 0 Å². The van der Waals surface area contributed by atoms with Crippen LogP contribution in [0.3, 0.4) is 0 Å². The van der Waals surface area contributed by atoms with Gasteiger partial charge in [0, 0.05) is 17.0 Å². The van der Waals surface area contributed by atoms with Crippen LogP contribution in [0, 0.1) is 0 Å². The van der Waals surface area contributed by atoms with E-state index in [1.807, 2.05) is 17.5 Å². The first-order chi connectivity index (χ1) is 9.65. The van der Waals surface area contributed by atoms with Gasteiger partial charge < -0.3 is 10.1 Å². The SMILES string of the molecule is C[C@H](OC(=O)/C=C/c1cccs1)C(=O)NC1CCCC1. The Morgan fingerprint density at radius 3 is 2.85 bits per heavy atom. The summed E-state index contributed by atoms with van der Waals surface area (Å²) in [5, 5.41) is 4.85. The highest BCUT2D eigenvalue weighted by Gasteiger charge is 2.22. The number of hydrogen-bond acceptors (Lipinski definition) is 4. The molecule has 1 aromatic heterocycles. The first-order valence-electron chi connectivity index (χ1n) is 6.88. The van der Waals surface area contributed by atoms with Crippen molar-refractivity contribution in [3.05, 3.63) is 28.5 Å². The molecule has 0 aliphatic heterocycles. The maximum Gasteiger partial charge on any atom is 0.331 e. The Morgan fingerprint density at radius 1 is 1.45 bits per heavy atom. The molecule has 1 heterocycles. The fourth-order valence-electron chi connectivity index (χ4n) is 2.19. The molecule has 5 heteroatoms. The van der Waals surface area contributed by atoms with Crippen LogP contribution in [-0.4, -0.2) is 24.0 Å². The molecule has 0 aromatic carbocycles. The molecule has 0 unspecified atom stereocenters. The topological polar surface area (TPSA) is 55.4 Å². The molecule has 1 aliphatic carbocycles. The second-order valence-electron chi connectivity index (χ2n) is 4.92. The van der Waals surface area contributed by atoms with Gasteiger partial charge in [-0.25, -0.2) is 4.79 Å². The van der Waals surface area contributed by atoms with Crippen molar-refractivity contribution in [2.75, 3.05) is 0 Å². The maximum absolute atomic E-state index is 11.9. The summed E-state index contributed by atoms with van der Waals surface area (Å²) in [5.74, 6) is -0.706. The van der Waals surface area contributed by atoms with Crippen LogP contribution in [0.5, 0.6) is 0 Å². The summed E-state index contributed by atoms with van der Waals surface area (Å²) >= 11 is 1.54. The Bertz CT molecular complexity index is 475. The Balaban J connectivity index is 1.76. The predicted octanol–water partition coefficient (Wildman–Crippen LogP) is 2.75. The van der Waals surface area contributed by atoms with Crippen molar-refractivity contribution in [2.24, 2.45) is 0 Å². The highest BCUT2D eigenvalue weighted by atomic mass is 32.1. The summed E-state index contributed by atoms with van der Waals surface area (Å²) in [7, 11) is 0. The van der Waals surface area contributed by atoms with Gasteiger partial charge in [-0.15, -0.1) is 11.3 Å². The summed E-state index contributed by atoms with van der Waals surface area (Å²) in [6, 6.07) is 4.06. The van der Waals surface area contributed by atoms with Crippen LogP contribution in [0.1, 0.15) is 37.5 Å².